The van der Waals surface area contributed by atoms with Gasteiger partial charge >= 0.3 is 0 Å². The molecule has 1 unspecified atom stereocenters. The summed E-state index contributed by atoms with van der Waals surface area (Å²) in [4.78, 5) is 0. The van der Waals surface area contributed by atoms with Crippen LogP contribution in [-0.2, 0) is 14.9 Å². The molecule has 10 heteroatoms. The molecule has 0 fully saturated rings. The van der Waals surface area contributed by atoms with Crippen LogP contribution in [0.4, 0.5) is 0 Å². The summed E-state index contributed by atoms with van der Waals surface area (Å²) in [5.41, 5.74) is -0.601. The highest BCUT2D eigenvalue weighted by molar-refractivity contribution is 7.87. The van der Waals surface area contributed by atoms with Crippen LogP contribution in [0, 0.1) is 0 Å². The molecule has 0 radical (unpaired) electrons. The van der Waals surface area contributed by atoms with E-state index in [1.54, 1.807) is 0 Å². The largest absolute Gasteiger partial charge is 0.508 e. The molecule has 0 bridgehead atoms. The summed E-state index contributed by atoms with van der Waals surface area (Å²) in [7, 11) is -5.11. The third-order valence-electron chi connectivity index (χ3n) is 4.38. The molecule has 0 aliphatic heterocycles. The highest BCUT2D eigenvalue weighted by atomic mass is 35.5. The second-order valence-corrected chi connectivity index (χ2v) is 9.28. The lowest BCUT2D eigenvalue weighted by Crippen LogP contribution is -2.38. The number of hydrogen-bond donors (Lipinski definition) is 3. The van der Waals surface area contributed by atoms with Crippen LogP contribution in [0.15, 0.2) is 54.6 Å². The smallest absolute Gasteiger partial charge is 0.283 e. The van der Waals surface area contributed by atoms with E-state index < -0.39 is 26.4 Å². The molecule has 0 saturated carbocycles. The fourth-order valence-electron chi connectivity index (χ4n) is 3.23. The van der Waals surface area contributed by atoms with Crippen molar-refractivity contribution in [2.24, 2.45) is 0 Å². The molecule has 3 N–H and O–H groups in total. The van der Waals surface area contributed by atoms with Crippen molar-refractivity contribution >= 4 is 56.5 Å². The first-order valence-corrected chi connectivity index (χ1v) is 10.8. The number of rotatable bonds is 4. The van der Waals surface area contributed by atoms with E-state index in [4.69, 9.17) is 46.4 Å². The normalized spacial score (nSPS) is 13.8. The highest BCUT2D eigenvalue weighted by Gasteiger charge is 2.51. The van der Waals surface area contributed by atoms with Crippen molar-refractivity contribution in [2.45, 2.75) is 4.75 Å². The van der Waals surface area contributed by atoms with Crippen LogP contribution in [-0.4, -0.2) is 23.2 Å². The molecule has 152 valence electrons. The number of aromatic hydroxyl groups is 2. The Morgan fingerprint density at radius 3 is 1.97 bits per heavy atom. The summed E-state index contributed by atoms with van der Waals surface area (Å²) in [5.74, 6) is -1.04. The van der Waals surface area contributed by atoms with Gasteiger partial charge in [-0.2, -0.15) is 8.42 Å². The van der Waals surface area contributed by atoms with Gasteiger partial charge < -0.3 is 10.2 Å². The van der Waals surface area contributed by atoms with Gasteiger partial charge in [0.25, 0.3) is 10.1 Å². The van der Waals surface area contributed by atoms with Gasteiger partial charge in [-0.25, -0.2) is 0 Å². The Kier molecular flexibility index (Phi) is 5.98. The average Bonchev–Trinajstić information content (AvgIpc) is 2.61. The summed E-state index contributed by atoms with van der Waals surface area (Å²) in [6, 6.07) is 11.8. The fourth-order valence-corrected chi connectivity index (χ4v) is 5.42. The standard InChI is InChI=1S/C19H12Cl4O5S/c20-12-4-1-3-10(7-12)19(29(26,27)28,17-13(21)5-2-6-15(17)24)11-8-14(22)18(23)16(25)9-11/h1-9,24-25H,(H,26,27,28). The fraction of sp³-hybridized carbons (Fsp3) is 0.0526. The number of halogens is 4. The summed E-state index contributed by atoms with van der Waals surface area (Å²) >= 11 is 24.3. The Balaban J connectivity index is 2.63. The summed E-state index contributed by atoms with van der Waals surface area (Å²) in [5, 5.41) is 20.4. The Labute approximate surface area is 186 Å². The lowest BCUT2D eigenvalue weighted by Gasteiger charge is -2.34. The first-order chi connectivity index (χ1) is 13.5. The lowest BCUT2D eigenvalue weighted by atomic mass is 9.83. The van der Waals surface area contributed by atoms with Gasteiger partial charge in [-0.3, -0.25) is 4.55 Å². The number of hydrogen-bond acceptors (Lipinski definition) is 4. The monoisotopic (exact) mass is 492 g/mol. The topological polar surface area (TPSA) is 94.8 Å². The average molecular weight is 494 g/mol. The van der Waals surface area contributed by atoms with Crippen molar-refractivity contribution in [1.82, 2.24) is 0 Å². The van der Waals surface area contributed by atoms with E-state index in [0.717, 1.165) is 12.1 Å². The predicted molar refractivity (Wildman–Crippen MR) is 114 cm³/mol. The van der Waals surface area contributed by atoms with Gasteiger partial charge in [-0.15, -0.1) is 0 Å². The molecule has 0 aliphatic rings. The molecule has 5 nitrogen and oxygen atoms in total. The second-order valence-electron chi connectivity index (χ2n) is 6.09. The van der Waals surface area contributed by atoms with Crippen LogP contribution in [0.1, 0.15) is 16.7 Å². The van der Waals surface area contributed by atoms with Gasteiger partial charge in [0.15, 0.2) is 4.75 Å². The van der Waals surface area contributed by atoms with Gasteiger partial charge in [0.2, 0.25) is 0 Å². The maximum Gasteiger partial charge on any atom is 0.283 e. The zero-order valence-electron chi connectivity index (χ0n) is 14.3. The summed E-state index contributed by atoms with van der Waals surface area (Å²) < 4.78 is 33.9. The van der Waals surface area contributed by atoms with Gasteiger partial charge in [-0.1, -0.05) is 64.6 Å². The van der Waals surface area contributed by atoms with Crippen molar-refractivity contribution in [3.05, 3.63) is 91.4 Å². The molecule has 1 atom stereocenters. The molecule has 29 heavy (non-hydrogen) atoms. The predicted octanol–water partition coefficient (Wildman–Crippen LogP) is 5.89. The third kappa shape index (κ3) is 3.65. The highest BCUT2D eigenvalue weighted by Crippen LogP contribution is 2.51. The van der Waals surface area contributed by atoms with Crippen molar-refractivity contribution < 1.29 is 23.2 Å². The summed E-state index contributed by atoms with van der Waals surface area (Å²) in [6.45, 7) is 0. The van der Waals surface area contributed by atoms with Crippen LogP contribution in [0.5, 0.6) is 11.5 Å². The molecule has 0 aromatic heterocycles. The number of benzene rings is 3. The number of phenols is 2. The zero-order chi connectivity index (χ0) is 21.6. The minimum Gasteiger partial charge on any atom is -0.508 e. The molecule has 0 amide bonds. The Bertz CT molecular complexity index is 1170. The zero-order valence-corrected chi connectivity index (χ0v) is 18.1. The van der Waals surface area contributed by atoms with Crippen LogP contribution in [0.2, 0.25) is 20.1 Å². The third-order valence-corrected chi connectivity index (χ3v) is 7.17. The van der Waals surface area contributed by atoms with Crippen LogP contribution >= 0.6 is 46.4 Å². The molecule has 0 heterocycles. The van der Waals surface area contributed by atoms with Gasteiger partial charge in [0.05, 0.1) is 5.02 Å². The van der Waals surface area contributed by atoms with Crippen molar-refractivity contribution in [3.8, 4) is 11.5 Å². The molecular formula is C19H12Cl4O5S. The van der Waals surface area contributed by atoms with Crippen LogP contribution in [0.3, 0.4) is 0 Å². The minimum atomic E-state index is -5.11. The van der Waals surface area contributed by atoms with E-state index in [-0.39, 0.29) is 36.8 Å². The van der Waals surface area contributed by atoms with E-state index in [1.165, 1.54) is 42.5 Å². The Hall–Kier alpha value is -1.67. The van der Waals surface area contributed by atoms with Gasteiger partial charge in [0.1, 0.15) is 16.5 Å². The van der Waals surface area contributed by atoms with Crippen LogP contribution < -0.4 is 0 Å². The van der Waals surface area contributed by atoms with Gasteiger partial charge in [-0.05, 0) is 47.5 Å². The van der Waals surface area contributed by atoms with E-state index >= 15 is 0 Å². The Morgan fingerprint density at radius 2 is 1.41 bits per heavy atom. The molecule has 0 aliphatic carbocycles. The van der Waals surface area contributed by atoms with Crippen molar-refractivity contribution in [2.75, 3.05) is 0 Å². The Morgan fingerprint density at radius 1 is 0.759 bits per heavy atom. The van der Waals surface area contributed by atoms with Crippen molar-refractivity contribution in [1.29, 1.82) is 0 Å². The first kappa shape index (κ1) is 22.0. The second kappa shape index (κ2) is 7.87. The molecule has 0 saturated heterocycles. The van der Waals surface area contributed by atoms with Crippen molar-refractivity contribution in [3.63, 3.8) is 0 Å². The maximum absolute atomic E-state index is 13.0. The SMILES string of the molecule is O=S(=O)(O)C(c1cccc(Cl)c1)(c1cc(O)c(Cl)c(Cl)c1)c1c(O)cccc1Cl. The van der Waals surface area contributed by atoms with Crippen LogP contribution in [0.25, 0.3) is 0 Å². The molecular weight excluding hydrogens is 482 g/mol. The molecule has 3 aromatic rings. The van der Waals surface area contributed by atoms with E-state index in [1.807, 2.05) is 0 Å². The van der Waals surface area contributed by atoms with E-state index in [0.29, 0.717) is 0 Å². The molecule has 3 rings (SSSR count). The van der Waals surface area contributed by atoms with E-state index in [9.17, 15) is 23.2 Å². The molecule has 3 aromatic carbocycles. The quantitative estimate of drug-likeness (QED) is 0.311. The molecule has 0 spiro atoms. The number of phenolic OH excluding ortho intramolecular Hbond substituents is 2. The minimum absolute atomic E-state index is 0.0475. The van der Waals surface area contributed by atoms with Gasteiger partial charge in [0, 0.05) is 15.6 Å². The lowest BCUT2D eigenvalue weighted by molar-refractivity contribution is 0.439. The van der Waals surface area contributed by atoms with E-state index in [2.05, 4.69) is 0 Å². The maximum atomic E-state index is 13.0. The first-order valence-electron chi connectivity index (χ1n) is 7.89. The summed E-state index contributed by atoms with van der Waals surface area (Å²) in [6.07, 6.45) is 0.